The van der Waals surface area contributed by atoms with Crippen molar-refractivity contribution in [1.29, 1.82) is 0 Å². The molecule has 4 N–H and O–H groups in total. The van der Waals surface area contributed by atoms with E-state index >= 15 is 0 Å². The standard InChI is InChI=1S/C59H113NO4/c1-3-5-7-9-11-13-15-17-19-21-23-25-27-28-29-30-31-32-34-36-38-40-42-44-46-48-50-52-56(62)54-59(64)60-57(55-61)58(63)53-51-49-47-45-43-41-39-37-35-33-26-24-22-20-18-16-14-12-10-8-6-4-2/h28-29,43,45,51,53,56-58,61-63H,3-27,30-42,44,46-50,52,54-55H2,1-2H3,(H,60,64)/b29-28-,45-43+,53-51+. The molecule has 0 aliphatic rings. The zero-order valence-corrected chi connectivity index (χ0v) is 43.2. The first kappa shape index (κ1) is 62.6. The van der Waals surface area contributed by atoms with Gasteiger partial charge in [-0.05, 0) is 57.8 Å². The fourth-order valence-corrected chi connectivity index (χ4v) is 9.00. The van der Waals surface area contributed by atoms with E-state index in [-0.39, 0.29) is 18.9 Å². The Morgan fingerprint density at radius 2 is 0.672 bits per heavy atom. The molecule has 3 unspecified atom stereocenters. The summed E-state index contributed by atoms with van der Waals surface area (Å²) in [6, 6.07) is -0.762. The number of allylic oxidation sites excluding steroid dienone is 5. The predicted molar refractivity (Wildman–Crippen MR) is 282 cm³/mol. The molecule has 0 bridgehead atoms. The topological polar surface area (TPSA) is 89.8 Å². The lowest BCUT2D eigenvalue weighted by Gasteiger charge is -2.21. The maximum absolute atomic E-state index is 12.5. The first-order chi connectivity index (χ1) is 31.5. The van der Waals surface area contributed by atoms with Crippen LogP contribution in [0.1, 0.15) is 309 Å². The molecule has 0 spiro atoms. The highest BCUT2D eigenvalue weighted by Crippen LogP contribution is 2.17. The normalized spacial score (nSPS) is 13.5. The Balaban J connectivity index is 3.59. The first-order valence-corrected chi connectivity index (χ1v) is 28.8. The van der Waals surface area contributed by atoms with E-state index in [2.05, 4.69) is 43.5 Å². The number of aliphatic hydroxyl groups is 3. The van der Waals surface area contributed by atoms with Crippen molar-refractivity contribution in [2.45, 2.75) is 327 Å². The van der Waals surface area contributed by atoms with Crippen molar-refractivity contribution in [1.82, 2.24) is 5.32 Å². The highest BCUT2D eigenvalue weighted by Gasteiger charge is 2.20. The van der Waals surface area contributed by atoms with E-state index < -0.39 is 18.2 Å². The predicted octanol–water partition coefficient (Wildman–Crippen LogP) is 17.8. The van der Waals surface area contributed by atoms with Gasteiger partial charge >= 0.3 is 0 Å². The molecule has 0 saturated heterocycles. The van der Waals surface area contributed by atoms with Crippen LogP contribution in [0.25, 0.3) is 0 Å². The monoisotopic (exact) mass is 900 g/mol. The van der Waals surface area contributed by atoms with Gasteiger partial charge in [0, 0.05) is 0 Å². The van der Waals surface area contributed by atoms with Crippen molar-refractivity contribution < 1.29 is 20.1 Å². The highest BCUT2D eigenvalue weighted by atomic mass is 16.3. The van der Waals surface area contributed by atoms with Gasteiger partial charge in [0.1, 0.15) is 0 Å². The summed E-state index contributed by atoms with van der Waals surface area (Å²) in [4.78, 5) is 12.5. The lowest BCUT2D eigenvalue weighted by Crippen LogP contribution is -2.45. The zero-order chi connectivity index (χ0) is 46.5. The summed E-state index contributed by atoms with van der Waals surface area (Å²) in [5.74, 6) is -0.322. The molecule has 0 heterocycles. The third-order valence-electron chi connectivity index (χ3n) is 13.4. The average Bonchev–Trinajstić information content (AvgIpc) is 3.29. The first-order valence-electron chi connectivity index (χ1n) is 28.8. The Morgan fingerprint density at radius 1 is 0.391 bits per heavy atom. The van der Waals surface area contributed by atoms with Crippen LogP contribution >= 0.6 is 0 Å². The zero-order valence-electron chi connectivity index (χ0n) is 43.2. The summed E-state index contributed by atoms with van der Waals surface area (Å²) in [7, 11) is 0. The van der Waals surface area contributed by atoms with Crippen molar-refractivity contribution in [3.05, 3.63) is 36.5 Å². The van der Waals surface area contributed by atoms with Gasteiger partial charge in [-0.25, -0.2) is 0 Å². The summed E-state index contributed by atoms with van der Waals surface area (Å²) >= 11 is 0. The quantitative estimate of drug-likeness (QED) is 0.0362. The number of hydrogen-bond acceptors (Lipinski definition) is 4. The molecule has 0 rings (SSSR count). The van der Waals surface area contributed by atoms with Gasteiger partial charge in [0.2, 0.25) is 5.91 Å². The van der Waals surface area contributed by atoms with Gasteiger partial charge in [-0.3, -0.25) is 4.79 Å². The van der Waals surface area contributed by atoms with Crippen molar-refractivity contribution in [2.75, 3.05) is 6.61 Å². The lowest BCUT2D eigenvalue weighted by molar-refractivity contribution is -0.124. The van der Waals surface area contributed by atoms with E-state index in [1.54, 1.807) is 6.08 Å². The summed E-state index contributed by atoms with van der Waals surface area (Å²) in [5.41, 5.74) is 0. The van der Waals surface area contributed by atoms with Crippen LogP contribution in [0.5, 0.6) is 0 Å². The Hall–Kier alpha value is -1.43. The van der Waals surface area contributed by atoms with Crippen LogP contribution in [0.4, 0.5) is 0 Å². The number of unbranched alkanes of at least 4 members (excludes halogenated alkanes) is 40. The van der Waals surface area contributed by atoms with Crippen LogP contribution in [0.15, 0.2) is 36.5 Å². The molecule has 3 atom stereocenters. The molecule has 0 saturated carbocycles. The number of aliphatic hydroxyl groups excluding tert-OH is 3. The smallest absolute Gasteiger partial charge is 0.222 e. The van der Waals surface area contributed by atoms with E-state index in [1.807, 2.05) is 6.08 Å². The van der Waals surface area contributed by atoms with E-state index in [4.69, 9.17) is 0 Å². The molecule has 0 aromatic heterocycles. The van der Waals surface area contributed by atoms with Gasteiger partial charge in [0.05, 0.1) is 31.3 Å². The second-order valence-electron chi connectivity index (χ2n) is 19.9. The van der Waals surface area contributed by atoms with Gasteiger partial charge in [0.25, 0.3) is 0 Å². The molecular weight excluding hydrogens is 787 g/mol. The minimum atomic E-state index is -0.953. The molecule has 5 heteroatoms. The average molecular weight is 901 g/mol. The summed E-state index contributed by atoms with van der Waals surface area (Å²) in [5, 5.41) is 33.4. The fraction of sp³-hybridized carbons (Fsp3) is 0.881. The van der Waals surface area contributed by atoms with E-state index in [0.717, 1.165) is 32.1 Å². The molecule has 0 radical (unpaired) electrons. The molecule has 0 aliphatic carbocycles. The molecule has 378 valence electrons. The minimum Gasteiger partial charge on any atom is -0.394 e. The van der Waals surface area contributed by atoms with Gasteiger partial charge in [0.15, 0.2) is 0 Å². The molecule has 5 nitrogen and oxygen atoms in total. The number of carbonyl (C=O) groups is 1. The van der Waals surface area contributed by atoms with Crippen LogP contribution in [0.2, 0.25) is 0 Å². The molecule has 0 aromatic carbocycles. The van der Waals surface area contributed by atoms with Crippen molar-refractivity contribution in [2.24, 2.45) is 0 Å². The van der Waals surface area contributed by atoms with Gasteiger partial charge in [-0.1, -0.05) is 281 Å². The van der Waals surface area contributed by atoms with Crippen LogP contribution < -0.4 is 5.32 Å². The third-order valence-corrected chi connectivity index (χ3v) is 13.4. The van der Waals surface area contributed by atoms with Crippen LogP contribution in [0.3, 0.4) is 0 Å². The van der Waals surface area contributed by atoms with E-state index in [0.29, 0.717) is 6.42 Å². The van der Waals surface area contributed by atoms with Crippen molar-refractivity contribution in [3.63, 3.8) is 0 Å². The summed E-state index contributed by atoms with van der Waals surface area (Å²) in [6.45, 7) is 4.24. The Kier molecular flexibility index (Phi) is 53.0. The number of nitrogens with one attached hydrogen (secondary N) is 1. The van der Waals surface area contributed by atoms with Gasteiger partial charge in [-0.2, -0.15) is 0 Å². The second kappa shape index (κ2) is 54.2. The largest absolute Gasteiger partial charge is 0.394 e. The Bertz CT molecular complexity index is 993. The van der Waals surface area contributed by atoms with Gasteiger partial charge in [-0.15, -0.1) is 0 Å². The molecule has 64 heavy (non-hydrogen) atoms. The molecule has 1 amide bonds. The van der Waals surface area contributed by atoms with Crippen molar-refractivity contribution >= 4 is 5.91 Å². The number of rotatable bonds is 53. The number of carbonyl (C=O) groups excluding carboxylic acids is 1. The number of amides is 1. The minimum absolute atomic E-state index is 0.00684. The van der Waals surface area contributed by atoms with Crippen LogP contribution in [-0.4, -0.2) is 46.1 Å². The Morgan fingerprint density at radius 3 is 1.00 bits per heavy atom. The summed E-state index contributed by atoms with van der Waals surface area (Å²) in [6.07, 6.45) is 70.5. The van der Waals surface area contributed by atoms with E-state index in [9.17, 15) is 20.1 Å². The van der Waals surface area contributed by atoms with Crippen molar-refractivity contribution in [3.8, 4) is 0 Å². The second-order valence-corrected chi connectivity index (χ2v) is 19.9. The summed E-state index contributed by atoms with van der Waals surface area (Å²) < 4.78 is 0. The molecular formula is C59H113NO4. The van der Waals surface area contributed by atoms with Crippen LogP contribution in [-0.2, 0) is 4.79 Å². The van der Waals surface area contributed by atoms with Gasteiger partial charge < -0.3 is 20.6 Å². The molecule has 0 fully saturated rings. The fourth-order valence-electron chi connectivity index (χ4n) is 9.00. The number of hydrogen-bond donors (Lipinski definition) is 4. The SMILES string of the molecule is CCCCCCCCCCCCCC/C=C\CCCCCCCCCCCCCC(O)CC(=O)NC(CO)C(O)/C=C/CC/C=C/CCCCCCCCCCCCCCCCCC. The van der Waals surface area contributed by atoms with Crippen LogP contribution in [0, 0.1) is 0 Å². The maximum atomic E-state index is 12.5. The molecule has 0 aromatic rings. The van der Waals surface area contributed by atoms with E-state index in [1.165, 1.54) is 250 Å². The highest BCUT2D eigenvalue weighted by molar-refractivity contribution is 5.76. The maximum Gasteiger partial charge on any atom is 0.222 e. The Labute approximate surface area is 400 Å². The molecule has 0 aliphatic heterocycles. The third kappa shape index (κ3) is 50.0. The lowest BCUT2D eigenvalue weighted by atomic mass is 10.0.